The van der Waals surface area contributed by atoms with Crippen molar-refractivity contribution in [1.82, 2.24) is 9.55 Å². The molecule has 4 rings (SSSR count). The van der Waals surface area contributed by atoms with E-state index in [0.717, 1.165) is 16.7 Å². The molecular weight excluding hydrogens is 342 g/mol. The number of hydrogen-bond donors (Lipinski definition) is 2. The molecule has 6 nitrogen and oxygen atoms in total. The van der Waals surface area contributed by atoms with Crippen LogP contribution in [0.4, 0.5) is 5.69 Å². The van der Waals surface area contributed by atoms with Crippen LogP contribution in [0.5, 0.6) is 0 Å². The molecule has 0 unspecified atom stereocenters. The Bertz CT molecular complexity index is 1150. The summed E-state index contributed by atoms with van der Waals surface area (Å²) in [5.74, 6) is -1.33. The van der Waals surface area contributed by atoms with Crippen molar-refractivity contribution in [2.75, 3.05) is 5.32 Å². The number of benzene rings is 3. The number of hydrogen-bond acceptors (Lipinski definition) is 3. The van der Waals surface area contributed by atoms with Crippen molar-refractivity contribution in [3.8, 4) is 5.69 Å². The molecule has 0 bridgehead atoms. The lowest BCUT2D eigenvalue weighted by Gasteiger charge is -2.09. The van der Waals surface area contributed by atoms with Gasteiger partial charge in [0.05, 0.1) is 16.6 Å². The van der Waals surface area contributed by atoms with E-state index in [2.05, 4.69) is 10.3 Å². The van der Waals surface area contributed by atoms with Crippen LogP contribution < -0.4 is 5.32 Å². The summed E-state index contributed by atoms with van der Waals surface area (Å²) in [4.78, 5) is 27.7. The molecule has 0 atom stereocenters. The molecule has 0 spiro atoms. The molecule has 0 radical (unpaired) electrons. The molecule has 0 fully saturated rings. The lowest BCUT2D eigenvalue weighted by molar-refractivity contribution is 0.0696. The quantitative estimate of drug-likeness (QED) is 0.579. The summed E-state index contributed by atoms with van der Waals surface area (Å²) >= 11 is 0. The van der Waals surface area contributed by atoms with E-state index < -0.39 is 5.97 Å². The minimum atomic E-state index is -1.03. The summed E-state index contributed by atoms with van der Waals surface area (Å²) in [6.45, 7) is 0. The Balaban J connectivity index is 1.59. The highest BCUT2D eigenvalue weighted by Gasteiger charge is 2.10. The zero-order chi connectivity index (χ0) is 18.8. The van der Waals surface area contributed by atoms with Gasteiger partial charge in [0.15, 0.2) is 0 Å². The van der Waals surface area contributed by atoms with E-state index in [-0.39, 0.29) is 11.5 Å². The van der Waals surface area contributed by atoms with Gasteiger partial charge in [0, 0.05) is 16.9 Å². The van der Waals surface area contributed by atoms with Gasteiger partial charge in [-0.1, -0.05) is 18.2 Å². The molecule has 27 heavy (non-hydrogen) atoms. The topological polar surface area (TPSA) is 84.2 Å². The second-order valence-corrected chi connectivity index (χ2v) is 5.99. The van der Waals surface area contributed by atoms with Crippen LogP contribution in [0, 0.1) is 0 Å². The van der Waals surface area contributed by atoms with Gasteiger partial charge in [-0.25, -0.2) is 9.78 Å². The number of aromatic carboxylic acids is 1. The fourth-order valence-corrected chi connectivity index (χ4v) is 2.87. The van der Waals surface area contributed by atoms with Crippen molar-refractivity contribution in [3.05, 3.63) is 90.3 Å². The molecule has 3 aromatic carbocycles. The van der Waals surface area contributed by atoms with E-state index in [0.29, 0.717) is 11.3 Å². The van der Waals surface area contributed by atoms with Gasteiger partial charge in [-0.2, -0.15) is 0 Å². The average molecular weight is 357 g/mol. The number of anilines is 1. The third-order valence-corrected chi connectivity index (χ3v) is 4.23. The number of carboxylic acids is 1. The molecule has 0 aliphatic rings. The number of rotatable bonds is 4. The van der Waals surface area contributed by atoms with E-state index in [1.54, 1.807) is 12.4 Å². The van der Waals surface area contributed by atoms with Gasteiger partial charge in [-0.05, 0) is 54.6 Å². The molecule has 0 saturated heterocycles. The van der Waals surface area contributed by atoms with Crippen LogP contribution in [0.1, 0.15) is 20.7 Å². The monoisotopic (exact) mass is 357 g/mol. The summed E-state index contributed by atoms with van der Waals surface area (Å²) in [7, 11) is 0. The van der Waals surface area contributed by atoms with Gasteiger partial charge >= 0.3 is 5.97 Å². The van der Waals surface area contributed by atoms with Crippen molar-refractivity contribution in [2.45, 2.75) is 0 Å². The first-order chi connectivity index (χ1) is 13.1. The molecule has 1 aromatic heterocycles. The molecule has 132 valence electrons. The van der Waals surface area contributed by atoms with E-state index >= 15 is 0 Å². The molecular formula is C21H15N3O3. The van der Waals surface area contributed by atoms with Crippen molar-refractivity contribution >= 4 is 28.6 Å². The highest BCUT2D eigenvalue weighted by Crippen LogP contribution is 2.21. The first-order valence-electron chi connectivity index (χ1n) is 8.29. The van der Waals surface area contributed by atoms with Crippen LogP contribution in [0.3, 0.4) is 0 Å². The molecule has 0 saturated carbocycles. The Morgan fingerprint density at radius 2 is 1.63 bits per heavy atom. The molecule has 0 aliphatic carbocycles. The van der Waals surface area contributed by atoms with Crippen LogP contribution in [-0.4, -0.2) is 26.5 Å². The maximum Gasteiger partial charge on any atom is 0.335 e. The van der Waals surface area contributed by atoms with Crippen molar-refractivity contribution in [2.24, 2.45) is 0 Å². The second kappa shape index (κ2) is 6.76. The van der Waals surface area contributed by atoms with Gasteiger partial charge in [0.25, 0.3) is 5.91 Å². The molecule has 4 aromatic rings. The summed E-state index contributed by atoms with van der Waals surface area (Å²) in [6, 6.07) is 21.1. The number of carbonyl (C=O) groups is 2. The van der Waals surface area contributed by atoms with Crippen LogP contribution in [-0.2, 0) is 0 Å². The summed E-state index contributed by atoms with van der Waals surface area (Å²) in [5.41, 5.74) is 3.91. The van der Waals surface area contributed by atoms with Crippen LogP contribution in [0.2, 0.25) is 0 Å². The Labute approximate surface area is 154 Å². The molecule has 1 amide bonds. The Hall–Kier alpha value is -3.93. The van der Waals surface area contributed by atoms with Gasteiger partial charge in [-0.3, -0.25) is 9.36 Å². The van der Waals surface area contributed by atoms with E-state index in [9.17, 15) is 9.59 Å². The van der Waals surface area contributed by atoms with Gasteiger partial charge in [-0.15, -0.1) is 0 Å². The number of fused-ring (bicyclic) bond motifs is 1. The largest absolute Gasteiger partial charge is 0.478 e. The minimum absolute atomic E-state index is 0.139. The van der Waals surface area contributed by atoms with Crippen molar-refractivity contribution in [3.63, 3.8) is 0 Å². The van der Waals surface area contributed by atoms with Crippen LogP contribution in [0.15, 0.2) is 79.1 Å². The first kappa shape index (κ1) is 16.5. The molecule has 2 N–H and O–H groups in total. The number of amides is 1. The summed E-state index contributed by atoms with van der Waals surface area (Å²) < 4.78 is 1.95. The lowest BCUT2D eigenvalue weighted by atomic mass is 10.1. The molecule has 0 aliphatic heterocycles. The zero-order valence-electron chi connectivity index (χ0n) is 14.2. The Kier molecular flexibility index (Phi) is 4.14. The SMILES string of the molecule is O=C(O)c1ccc(C(=O)Nc2cccc(-n3cnc4ccccc43)c2)cc1. The van der Waals surface area contributed by atoms with E-state index in [1.165, 1.54) is 24.3 Å². The maximum absolute atomic E-state index is 12.4. The standard InChI is InChI=1S/C21H15N3O3/c25-20(14-8-10-15(11-9-14)21(26)27)23-16-4-3-5-17(12-16)24-13-22-18-6-1-2-7-19(18)24/h1-13H,(H,23,25)(H,26,27). The second-order valence-electron chi connectivity index (χ2n) is 5.99. The highest BCUT2D eigenvalue weighted by atomic mass is 16.4. The number of para-hydroxylation sites is 2. The predicted octanol–water partition coefficient (Wildman–Crippen LogP) is 3.98. The minimum Gasteiger partial charge on any atom is -0.478 e. The smallest absolute Gasteiger partial charge is 0.335 e. The number of imidazole rings is 1. The average Bonchev–Trinajstić information content (AvgIpc) is 3.12. The summed E-state index contributed by atoms with van der Waals surface area (Å²) in [6.07, 6.45) is 1.75. The third-order valence-electron chi connectivity index (χ3n) is 4.23. The maximum atomic E-state index is 12.4. The highest BCUT2D eigenvalue weighted by molar-refractivity contribution is 6.04. The van der Waals surface area contributed by atoms with Crippen molar-refractivity contribution < 1.29 is 14.7 Å². The number of nitrogens with zero attached hydrogens (tertiary/aromatic N) is 2. The number of aromatic nitrogens is 2. The van der Waals surface area contributed by atoms with Gasteiger partial charge < -0.3 is 10.4 Å². The predicted molar refractivity (Wildman–Crippen MR) is 102 cm³/mol. The van der Waals surface area contributed by atoms with Gasteiger partial charge in [0.1, 0.15) is 6.33 Å². The van der Waals surface area contributed by atoms with Gasteiger partial charge in [0.2, 0.25) is 0 Å². The van der Waals surface area contributed by atoms with Crippen molar-refractivity contribution in [1.29, 1.82) is 0 Å². The zero-order valence-corrected chi connectivity index (χ0v) is 14.2. The number of nitrogens with one attached hydrogen (secondary N) is 1. The fraction of sp³-hybridized carbons (Fsp3) is 0. The number of carbonyl (C=O) groups excluding carboxylic acids is 1. The Morgan fingerprint density at radius 3 is 2.41 bits per heavy atom. The first-order valence-corrected chi connectivity index (χ1v) is 8.29. The van der Waals surface area contributed by atoms with Crippen LogP contribution >= 0.6 is 0 Å². The Morgan fingerprint density at radius 1 is 0.889 bits per heavy atom. The molecule has 1 heterocycles. The van der Waals surface area contributed by atoms with E-state index in [4.69, 9.17) is 5.11 Å². The third kappa shape index (κ3) is 3.28. The molecule has 6 heteroatoms. The fourth-order valence-electron chi connectivity index (χ4n) is 2.87. The normalized spacial score (nSPS) is 10.7. The lowest BCUT2D eigenvalue weighted by Crippen LogP contribution is -2.12. The van der Waals surface area contributed by atoms with E-state index in [1.807, 2.05) is 47.0 Å². The number of carboxylic acid groups (broad SMARTS) is 1. The van der Waals surface area contributed by atoms with Crippen LogP contribution in [0.25, 0.3) is 16.7 Å². The summed E-state index contributed by atoms with van der Waals surface area (Å²) in [5, 5.41) is 11.8.